The van der Waals surface area contributed by atoms with Crippen molar-refractivity contribution in [2.75, 3.05) is 11.1 Å². The van der Waals surface area contributed by atoms with E-state index in [1.54, 1.807) is 23.7 Å². The molecule has 0 fully saturated rings. The molecule has 2 aromatic heterocycles. The van der Waals surface area contributed by atoms with E-state index in [0.717, 1.165) is 17.1 Å². The summed E-state index contributed by atoms with van der Waals surface area (Å²) >= 11 is 1.65. The number of thiazole rings is 1. The molecule has 2 rings (SSSR count). The summed E-state index contributed by atoms with van der Waals surface area (Å²) in [5.74, 6) is 0. The Kier molecular flexibility index (Phi) is 3.36. The highest BCUT2D eigenvalue weighted by Gasteiger charge is 2.12. The lowest BCUT2D eigenvalue weighted by Crippen LogP contribution is -2.10. The van der Waals surface area contributed by atoms with E-state index in [-0.39, 0.29) is 6.04 Å². The summed E-state index contributed by atoms with van der Waals surface area (Å²) in [6, 6.07) is 2.09. The zero-order valence-corrected chi connectivity index (χ0v) is 9.87. The number of aromatic nitrogens is 2. The highest BCUT2D eigenvalue weighted by Crippen LogP contribution is 2.26. The number of nitrogens with two attached hydrogens (primary N) is 1. The van der Waals surface area contributed by atoms with Crippen LogP contribution >= 0.6 is 11.3 Å². The normalized spacial score (nSPS) is 12.3. The van der Waals surface area contributed by atoms with E-state index < -0.39 is 0 Å². The Labute approximate surface area is 98.6 Å². The molecule has 1 unspecified atom stereocenters. The molecule has 5 heteroatoms. The van der Waals surface area contributed by atoms with E-state index >= 15 is 0 Å². The summed E-state index contributed by atoms with van der Waals surface area (Å²) in [7, 11) is 0. The molecular weight excluding hydrogens is 220 g/mol. The zero-order chi connectivity index (χ0) is 11.4. The van der Waals surface area contributed by atoms with Gasteiger partial charge in [-0.05, 0) is 12.5 Å². The van der Waals surface area contributed by atoms with Crippen LogP contribution in [0, 0.1) is 0 Å². The van der Waals surface area contributed by atoms with Crippen molar-refractivity contribution in [2.45, 2.75) is 19.4 Å². The first-order chi connectivity index (χ1) is 7.81. The van der Waals surface area contributed by atoms with Crippen molar-refractivity contribution >= 4 is 22.7 Å². The zero-order valence-electron chi connectivity index (χ0n) is 9.05. The van der Waals surface area contributed by atoms with Crippen LogP contribution in [0.1, 0.15) is 24.4 Å². The third-order valence-electron chi connectivity index (χ3n) is 2.34. The summed E-state index contributed by atoms with van der Waals surface area (Å²) in [5, 5.41) is 6.45. The van der Waals surface area contributed by atoms with Gasteiger partial charge in [0.25, 0.3) is 0 Å². The topological polar surface area (TPSA) is 63.8 Å². The van der Waals surface area contributed by atoms with Crippen molar-refractivity contribution < 1.29 is 0 Å². The molecule has 0 bridgehead atoms. The lowest BCUT2D eigenvalue weighted by atomic mass is 10.2. The molecule has 0 spiro atoms. The predicted molar refractivity (Wildman–Crippen MR) is 67.4 cm³/mol. The second-order valence-corrected chi connectivity index (χ2v) is 4.36. The quantitative estimate of drug-likeness (QED) is 0.853. The Morgan fingerprint density at radius 1 is 1.50 bits per heavy atom. The van der Waals surface area contributed by atoms with Crippen molar-refractivity contribution in [1.29, 1.82) is 0 Å². The van der Waals surface area contributed by atoms with Gasteiger partial charge in [-0.2, -0.15) is 0 Å². The molecule has 0 radical (unpaired) electrons. The lowest BCUT2D eigenvalue weighted by Gasteiger charge is -2.16. The highest BCUT2D eigenvalue weighted by atomic mass is 32.1. The largest absolute Gasteiger partial charge is 0.396 e. The molecule has 84 valence electrons. The molecule has 4 nitrogen and oxygen atoms in total. The maximum atomic E-state index is 5.83. The third kappa shape index (κ3) is 2.30. The molecule has 0 aromatic carbocycles. The maximum Gasteiger partial charge on any atom is 0.115 e. The minimum atomic E-state index is 0.213. The summed E-state index contributed by atoms with van der Waals surface area (Å²) in [6.45, 7) is 2.12. The molecule has 0 aliphatic rings. The van der Waals surface area contributed by atoms with Crippen molar-refractivity contribution in [3.05, 3.63) is 35.0 Å². The van der Waals surface area contributed by atoms with Crippen molar-refractivity contribution in [1.82, 2.24) is 9.97 Å². The van der Waals surface area contributed by atoms with Gasteiger partial charge in [-0.3, -0.25) is 4.98 Å². The Bertz CT molecular complexity index is 441. The van der Waals surface area contributed by atoms with Gasteiger partial charge in [0, 0.05) is 17.8 Å². The number of nitrogens with one attached hydrogen (secondary N) is 1. The van der Waals surface area contributed by atoms with E-state index in [0.29, 0.717) is 5.69 Å². The maximum absolute atomic E-state index is 5.83. The van der Waals surface area contributed by atoms with Gasteiger partial charge >= 0.3 is 0 Å². The van der Waals surface area contributed by atoms with Crippen LogP contribution in [-0.4, -0.2) is 9.97 Å². The van der Waals surface area contributed by atoms with Gasteiger partial charge < -0.3 is 11.1 Å². The Morgan fingerprint density at radius 3 is 3.00 bits per heavy atom. The fourth-order valence-corrected chi connectivity index (χ4v) is 2.24. The van der Waals surface area contributed by atoms with Crippen LogP contribution in [0.25, 0.3) is 0 Å². The highest BCUT2D eigenvalue weighted by molar-refractivity contribution is 7.09. The van der Waals surface area contributed by atoms with Gasteiger partial charge in [0.2, 0.25) is 0 Å². The second-order valence-electron chi connectivity index (χ2n) is 3.44. The summed E-state index contributed by atoms with van der Waals surface area (Å²) in [4.78, 5) is 8.28. The standard InChI is InChI=1S/C11H14N4S/c1-2-9(11-14-5-6-16-11)15-10-3-4-13-7-8(10)12/h3-7,9H,2,12H2,1H3,(H,13,15). The van der Waals surface area contributed by atoms with Crippen molar-refractivity contribution in [3.8, 4) is 0 Å². The van der Waals surface area contributed by atoms with E-state index in [9.17, 15) is 0 Å². The molecule has 0 aliphatic carbocycles. The number of nitrogen functional groups attached to an aromatic ring is 1. The number of hydrogen-bond donors (Lipinski definition) is 2. The van der Waals surface area contributed by atoms with Crippen LogP contribution in [-0.2, 0) is 0 Å². The SMILES string of the molecule is CCC(Nc1ccncc1N)c1nccs1. The van der Waals surface area contributed by atoms with Crippen LogP contribution in [0.15, 0.2) is 30.0 Å². The Hall–Kier alpha value is -1.62. The first kappa shape index (κ1) is 10.9. The van der Waals surface area contributed by atoms with E-state index in [4.69, 9.17) is 5.73 Å². The van der Waals surface area contributed by atoms with Crippen LogP contribution in [0.2, 0.25) is 0 Å². The molecule has 2 aromatic rings. The molecule has 0 amide bonds. The van der Waals surface area contributed by atoms with Crippen molar-refractivity contribution in [3.63, 3.8) is 0 Å². The van der Waals surface area contributed by atoms with Gasteiger partial charge in [0.05, 0.1) is 23.6 Å². The summed E-state index contributed by atoms with van der Waals surface area (Å²) in [5.41, 5.74) is 7.41. The molecule has 2 heterocycles. The van der Waals surface area contributed by atoms with Crippen LogP contribution in [0.4, 0.5) is 11.4 Å². The Balaban J connectivity index is 2.17. The summed E-state index contributed by atoms with van der Waals surface area (Å²) < 4.78 is 0. The van der Waals surface area contributed by atoms with Gasteiger partial charge in [0.1, 0.15) is 5.01 Å². The Morgan fingerprint density at radius 2 is 2.38 bits per heavy atom. The van der Waals surface area contributed by atoms with Gasteiger partial charge in [-0.25, -0.2) is 4.98 Å². The average Bonchev–Trinajstić information content (AvgIpc) is 2.81. The van der Waals surface area contributed by atoms with Crippen molar-refractivity contribution in [2.24, 2.45) is 0 Å². The number of anilines is 2. The number of rotatable bonds is 4. The predicted octanol–water partition coefficient (Wildman–Crippen LogP) is 2.68. The van der Waals surface area contributed by atoms with Gasteiger partial charge in [-0.15, -0.1) is 11.3 Å². The van der Waals surface area contributed by atoms with E-state index in [1.807, 2.05) is 17.6 Å². The van der Waals surface area contributed by atoms with Crippen LogP contribution < -0.4 is 11.1 Å². The average molecular weight is 234 g/mol. The monoisotopic (exact) mass is 234 g/mol. The number of nitrogens with zero attached hydrogens (tertiary/aromatic N) is 2. The minimum Gasteiger partial charge on any atom is -0.396 e. The summed E-state index contributed by atoms with van der Waals surface area (Å²) in [6.07, 6.45) is 6.17. The molecule has 0 saturated carbocycles. The molecule has 3 N–H and O–H groups in total. The van der Waals surface area contributed by atoms with Crippen LogP contribution in [0.5, 0.6) is 0 Å². The second kappa shape index (κ2) is 4.94. The lowest BCUT2D eigenvalue weighted by molar-refractivity contribution is 0.742. The molecule has 1 atom stereocenters. The van der Waals surface area contributed by atoms with E-state index in [1.165, 1.54) is 0 Å². The van der Waals surface area contributed by atoms with E-state index in [2.05, 4.69) is 22.2 Å². The first-order valence-corrected chi connectivity index (χ1v) is 6.04. The van der Waals surface area contributed by atoms with Crippen LogP contribution in [0.3, 0.4) is 0 Å². The minimum absolute atomic E-state index is 0.213. The number of pyridine rings is 1. The fourth-order valence-electron chi connectivity index (χ4n) is 1.47. The molecule has 0 aliphatic heterocycles. The smallest absolute Gasteiger partial charge is 0.115 e. The fraction of sp³-hybridized carbons (Fsp3) is 0.273. The molecule has 0 saturated heterocycles. The molecule has 16 heavy (non-hydrogen) atoms. The van der Waals surface area contributed by atoms with Gasteiger partial charge in [0.15, 0.2) is 0 Å². The number of hydrogen-bond acceptors (Lipinski definition) is 5. The first-order valence-electron chi connectivity index (χ1n) is 5.16. The van der Waals surface area contributed by atoms with Gasteiger partial charge in [-0.1, -0.05) is 6.92 Å². The molecular formula is C11H14N4S. The third-order valence-corrected chi connectivity index (χ3v) is 3.23.